The molecule has 0 fully saturated rings. The standard InChI is InChI=1S/3C2H6O.CH4O.Zr/c3*1-2-3;1-2;/h3*3H,2H2,1H3;2H,1H3;. The van der Waals surface area contributed by atoms with Gasteiger partial charge in [-0.2, -0.15) is 0 Å². The van der Waals surface area contributed by atoms with Gasteiger partial charge in [-0.15, -0.1) is 0 Å². The van der Waals surface area contributed by atoms with Crippen LogP contribution in [0.1, 0.15) is 20.8 Å². The molecule has 0 rings (SSSR count). The second kappa shape index (κ2) is 97.2. The topological polar surface area (TPSA) is 80.9 Å². The molecular weight excluding hydrogens is 239 g/mol. The van der Waals surface area contributed by atoms with Gasteiger partial charge in [0.25, 0.3) is 0 Å². The molecule has 0 bridgehead atoms. The van der Waals surface area contributed by atoms with Crippen molar-refractivity contribution in [3.05, 3.63) is 0 Å². The molecule has 0 aromatic rings. The molecule has 0 unspecified atom stereocenters. The molecule has 0 aliphatic heterocycles. The summed E-state index contributed by atoms with van der Waals surface area (Å²) in [6, 6.07) is 0. The van der Waals surface area contributed by atoms with Crippen LogP contribution in [0.2, 0.25) is 0 Å². The molecule has 0 aromatic heterocycles. The Bertz CT molecular complexity index is 20.1. The van der Waals surface area contributed by atoms with Gasteiger partial charge in [0.15, 0.2) is 0 Å². The van der Waals surface area contributed by atoms with Crippen LogP contribution in [-0.4, -0.2) is 47.4 Å². The molecular formula is C7H22O4Zr. The van der Waals surface area contributed by atoms with Crippen molar-refractivity contribution in [1.82, 2.24) is 0 Å². The summed E-state index contributed by atoms with van der Waals surface area (Å²) in [6.07, 6.45) is 0. The normalized spacial score (nSPS) is 5.00. The van der Waals surface area contributed by atoms with E-state index in [2.05, 4.69) is 0 Å². The second-order valence-electron chi connectivity index (χ2n) is 0.949. The van der Waals surface area contributed by atoms with E-state index < -0.39 is 0 Å². The Balaban J connectivity index is -0.0000000179. The van der Waals surface area contributed by atoms with Crippen molar-refractivity contribution in [3.8, 4) is 0 Å². The van der Waals surface area contributed by atoms with Crippen LogP contribution in [0.25, 0.3) is 0 Å². The van der Waals surface area contributed by atoms with E-state index in [0.29, 0.717) is 0 Å². The van der Waals surface area contributed by atoms with Crippen molar-refractivity contribution < 1.29 is 46.6 Å². The molecule has 0 aliphatic rings. The summed E-state index contributed by atoms with van der Waals surface area (Å²) >= 11 is 0. The number of hydrogen-bond donors (Lipinski definition) is 4. The Morgan fingerprint density at radius 1 is 0.667 bits per heavy atom. The minimum atomic E-state index is 0. The second-order valence-corrected chi connectivity index (χ2v) is 0.949. The van der Waals surface area contributed by atoms with Gasteiger partial charge in [0, 0.05) is 53.1 Å². The zero-order chi connectivity index (χ0) is 10.1. The molecule has 0 aromatic carbocycles. The van der Waals surface area contributed by atoms with Gasteiger partial charge in [-0.25, -0.2) is 0 Å². The Morgan fingerprint density at radius 3 is 0.667 bits per heavy atom. The van der Waals surface area contributed by atoms with E-state index in [0.717, 1.165) is 7.11 Å². The van der Waals surface area contributed by atoms with Crippen LogP contribution in [-0.2, 0) is 26.2 Å². The number of rotatable bonds is 0. The third-order valence-electron chi connectivity index (χ3n) is 0. The molecule has 5 heteroatoms. The SMILES string of the molecule is CCO.CCO.CCO.CO.[Zr]. The minimum absolute atomic E-state index is 0. The smallest absolute Gasteiger partial charge is 0.0402 e. The van der Waals surface area contributed by atoms with E-state index in [9.17, 15) is 0 Å². The zero-order valence-electron chi connectivity index (χ0n) is 8.41. The largest absolute Gasteiger partial charge is 0.400 e. The third kappa shape index (κ3) is 1940. The van der Waals surface area contributed by atoms with E-state index >= 15 is 0 Å². The Hall–Kier alpha value is 0.723. The quantitative estimate of drug-likeness (QED) is 0.478. The Morgan fingerprint density at radius 2 is 0.667 bits per heavy atom. The number of aliphatic hydroxyl groups excluding tert-OH is 4. The summed E-state index contributed by atoms with van der Waals surface area (Å²) in [5.74, 6) is 0. The summed E-state index contributed by atoms with van der Waals surface area (Å²) in [6.45, 7) is 5.79. The predicted molar refractivity (Wildman–Crippen MR) is 46.4 cm³/mol. The summed E-state index contributed by atoms with van der Waals surface area (Å²) in [4.78, 5) is 0. The molecule has 4 nitrogen and oxygen atoms in total. The first-order valence-corrected chi connectivity index (χ1v) is 3.52. The van der Waals surface area contributed by atoms with E-state index in [1.54, 1.807) is 20.8 Å². The van der Waals surface area contributed by atoms with E-state index in [-0.39, 0.29) is 46.0 Å². The van der Waals surface area contributed by atoms with Crippen LogP contribution in [0.3, 0.4) is 0 Å². The molecule has 78 valence electrons. The van der Waals surface area contributed by atoms with Crippen molar-refractivity contribution in [2.24, 2.45) is 0 Å². The van der Waals surface area contributed by atoms with Gasteiger partial charge >= 0.3 is 0 Å². The average molecular weight is 261 g/mol. The van der Waals surface area contributed by atoms with Crippen LogP contribution >= 0.6 is 0 Å². The zero-order valence-corrected chi connectivity index (χ0v) is 10.9. The van der Waals surface area contributed by atoms with Gasteiger partial charge < -0.3 is 20.4 Å². The minimum Gasteiger partial charge on any atom is -0.400 e. The van der Waals surface area contributed by atoms with Crippen LogP contribution in [0, 0.1) is 0 Å². The number of hydrogen-bond acceptors (Lipinski definition) is 4. The van der Waals surface area contributed by atoms with Crippen LogP contribution in [0.4, 0.5) is 0 Å². The van der Waals surface area contributed by atoms with Crippen molar-refractivity contribution in [2.75, 3.05) is 26.9 Å². The van der Waals surface area contributed by atoms with Crippen molar-refractivity contribution in [3.63, 3.8) is 0 Å². The predicted octanol–water partition coefficient (Wildman–Crippen LogP) is -0.398. The molecule has 0 amide bonds. The maximum Gasteiger partial charge on any atom is 0.0402 e. The molecule has 12 heavy (non-hydrogen) atoms. The molecule has 0 spiro atoms. The third-order valence-corrected chi connectivity index (χ3v) is 0. The first-order valence-electron chi connectivity index (χ1n) is 3.52. The van der Waals surface area contributed by atoms with Gasteiger partial charge in [0.05, 0.1) is 0 Å². The summed E-state index contributed by atoms with van der Waals surface area (Å²) in [5, 5.41) is 29.7. The molecule has 4 N–H and O–H groups in total. The monoisotopic (exact) mass is 260 g/mol. The maximum absolute atomic E-state index is 7.57. The molecule has 0 atom stereocenters. The van der Waals surface area contributed by atoms with Crippen molar-refractivity contribution in [2.45, 2.75) is 20.8 Å². The van der Waals surface area contributed by atoms with Gasteiger partial charge in [-0.05, 0) is 20.8 Å². The molecule has 0 saturated carbocycles. The Kier molecular flexibility index (Phi) is 238. The van der Waals surface area contributed by atoms with Crippen LogP contribution < -0.4 is 0 Å². The van der Waals surface area contributed by atoms with Gasteiger partial charge in [0.1, 0.15) is 0 Å². The molecule has 0 radical (unpaired) electrons. The van der Waals surface area contributed by atoms with Crippen molar-refractivity contribution in [1.29, 1.82) is 0 Å². The summed E-state index contributed by atoms with van der Waals surface area (Å²) in [5.41, 5.74) is 0. The Labute approximate surface area is 94.4 Å². The first-order chi connectivity index (χ1) is 5.24. The fourth-order valence-electron chi connectivity index (χ4n) is 0. The maximum atomic E-state index is 7.57. The first kappa shape index (κ1) is 29.3. The fraction of sp³-hybridized carbons (Fsp3) is 1.00. The van der Waals surface area contributed by atoms with Gasteiger partial charge in [-0.1, -0.05) is 0 Å². The van der Waals surface area contributed by atoms with Crippen LogP contribution in [0.5, 0.6) is 0 Å². The molecule has 0 aliphatic carbocycles. The van der Waals surface area contributed by atoms with E-state index in [1.165, 1.54) is 0 Å². The summed E-state index contributed by atoms with van der Waals surface area (Å²) in [7, 11) is 1.00. The van der Waals surface area contributed by atoms with Gasteiger partial charge in [-0.3, -0.25) is 0 Å². The van der Waals surface area contributed by atoms with Gasteiger partial charge in [0.2, 0.25) is 0 Å². The van der Waals surface area contributed by atoms with E-state index in [1.807, 2.05) is 0 Å². The molecule has 0 heterocycles. The van der Waals surface area contributed by atoms with Crippen LogP contribution in [0.15, 0.2) is 0 Å². The fourth-order valence-corrected chi connectivity index (χ4v) is 0. The van der Waals surface area contributed by atoms with Crippen molar-refractivity contribution >= 4 is 0 Å². The molecule has 0 saturated heterocycles. The van der Waals surface area contributed by atoms with E-state index in [4.69, 9.17) is 20.4 Å². The summed E-state index contributed by atoms with van der Waals surface area (Å²) < 4.78 is 0. The number of aliphatic hydroxyl groups is 4. The average Bonchev–Trinajstić information content (AvgIpc) is 1.96.